The molecule has 30 heavy (non-hydrogen) atoms. The maximum Gasteiger partial charge on any atom is 0.191 e. The number of hydrogen-bond acceptors (Lipinski definition) is 6. The molecule has 0 N–H and O–H groups in total. The van der Waals surface area contributed by atoms with Crippen molar-refractivity contribution in [1.82, 2.24) is 19.7 Å². The number of thioether (sulfide) groups is 1. The molecule has 0 saturated heterocycles. The molecule has 5 rings (SSSR count). The highest BCUT2D eigenvalue weighted by Gasteiger charge is 2.22. The first-order chi connectivity index (χ1) is 14.7. The lowest BCUT2D eigenvalue weighted by molar-refractivity contribution is 0.680. The standard InChI is InChI=1S/C23H24N4S3/c1-3-27-21(19-14-28-20-7-5-4-6-18(19)20)25-26-23(27)30-13-17-12-29-22(24-17)16-10-8-15(2)9-11-16/h8-12,14H,3-7,13H2,1-2H3. The predicted octanol–water partition coefficient (Wildman–Crippen LogP) is 6.63. The molecule has 0 unspecified atom stereocenters. The van der Waals surface area contributed by atoms with Gasteiger partial charge in [-0.25, -0.2) is 4.98 Å². The number of hydrogen-bond donors (Lipinski definition) is 0. The molecule has 4 nitrogen and oxygen atoms in total. The lowest BCUT2D eigenvalue weighted by atomic mass is 9.96. The smallest absolute Gasteiger partial charge is 0.191 e. The van der Waals surface area contributed by atoms with Gasteiger partial charge in [-0.3, -0.25) is 0 Å². The first-order valence-electron chi connectivity index (χ1n) is 10.4. The average molecular weight is 453 g/mol. The number of aromatic nitrogens is 4. The van der Waals surface area contributed by atoms with Gasteiger partial charge in [-0.15, -0.1) is 32.9 Å². The van der Waals surface area contributed by atoms with Gasteiger partial charge in [0, 0.05) is 39.1 Å². The molecule has 4 aromatic rings. The molecule has 3 aromatic heterocycles. The number of nitrogens with zero attached hydrogens (tertiary/aromatic N) is 4. The predicted molar refractivity (Wildman–Crippen MR) is 127 cm³/mol. The van der Waals surface area contributed by atoms with E-state index in [0.717, 1.165) is 34.0 Å². The zero-order valence-corrected chi connectivity index (χ0v) is 19.7. The van der Waals surface area contributed by atoms with E-state index in [2.05, 4.69) is 63.6 Å². The molecule has 1 aliphatic carbocycles. The topological polar surface area (TPSA) is 43.6 Å². The van der Waals surface area contributed by atoms with Gasteiger partial charge in [-0.2, -0.15) is 0 Å². The molecule has 1 aliphatic rings. The Bertz CT molecular complexity index is 1150. The molecule has 7 heteroatoms. The number of benzene rings is 1. The molecule has 154 valence electrons. The second-order valence-electron chi connectivity index (χ2n) is 7.61. The van der Waals surface area contributed by atoms with Gasteiger partial charge in [0.2, 0.25) is 0 Å². The van der Waals surface area contributed by atoms with Gasteiger partial charge in [0.1, 0.15) is 5.01 Å². The van der Waals surface area contributed by atoms with E-state index < -0.39 is 0 Å². The van der Waals surface area contributed by atoms with Gasteiger partial charge in [0.15, 0.2) is 11.0 Å². The molecule has 0 aliphatic heterocycles. The van der Waals surface area contributed by atoms with Crippen LogP contribution in [0.5, 0.6) is 0 Å². The van der Waals surface area contributed by atoms with E-state index in [1.54, 1.807) is 28.0 Å². The summed E-state index contributed by atoms with van der Waals surface area (Å²) >= 11 is 5.32. The minimum absolute atomic E-state index is 0.808. The first-order valence-corrected chi connectivity index (χ1v) is 13.1. The Balaban J connectivity index is 1.34. The summed E-state index contributed by atoms with van der Waals surface area (Å²) in [6.45, 7) is 5.16. The molecule has 1 aromatic carbocycles. The SMILES string of the molecule is CCn1c(SCc2csc(-c3ccc(C)cc3)n2)nnc1-c1csc2c1CCCC2. The third-order valence-corrected chi connectivity index (χ3v) is 8.56. The normalized spacial score (nSPS) is 13.5. The Kier molecular flexibility index (Phi) is 5.76. The van der Waals surface area contributed by atoms with Crippen molar-refractivity contribution in [1.29, 1.82) is 0 Å². The molecule has 0 bridgehead atoms. The van der Waals surface area contributed by atoms with Crippen LogP contribution in [0.25, 0.3) is 22.0 Å². The summed E-state index contributed by atoms with van der Waals surface area (Å²) in [5, 5.41) is 15.6. The van der Waals surface area contributed by atoms with E-state index >= 15 is 0 Å². The fourth-order valence-corrected chi connectivity index (χ4v) is 6.85. The fraction of sp³-hybridized carbons (Fsp3) is 0.348. The van der Waals surface area contributed by atoms with Gasteiger partial charge >= 0.3 is 0 Å². The second kappa shape index (κ2) is 8.65. The summed E-state index contributed by atoms with van der Waals surface area (Å²) in [5.74, 6) is 1.83. The Morgan fingerprint density at radius 2 is 1.87 bits per heavy atom. The quantitative estimate of drug-likeness (QED) is 0.308. The summed E-state index contributed by atoms with van der Waals surface area (Å²) < 4.78 is 2.26. The maximum atomic E-state index is 4.84. The molecule has 0 fully saturated rings. The van der Waals surface area contributed by atoms with E-state index in [1.165, 1.54) is 47.9 Å². The Hall–Kier alpha value is -1.96. The molecule has 0 radical (unpaired) electrons. The third kappa shape index (κ3) is 3.86. The maximum absolute atomic E-state index is 4.84. The van der Waals surface area contributed by atoms with Crippen LogP contribution >= 0.6 is 34.4 Å². The lowest BCUT2D eigenvalue weighted by Crippen LogP contribution is -2.03. The Labute approximate surface area is 189 Å². The molecular formula is C23H24N4S3. The largest absolute Gasteiger partial charge is 0.302 e. The summed E-state index contributed by atoms with van der Waals surface area (Å²) in [6, 6.07) is 8.57. The number of fused-ring (bicyclic) bond motifs is 1. The minimum Gasteiger partial charge on any atom is -0.302 e. The van der Waals surface area contributed by atoms with E-state index in [9.17, 15) is 0 Å². The average Bonchev–Trinajstić information content (AvgIpc) is 3.50. The van der Waals surface area contributed by atoms with Crippen molar-refractivity contribution in [2.24, 2.45) is 0 Å². The van der Waals surface area contributed by atoms with E-state index in [0.29, 0.717) is 0 Å². The van der Waals surface area contributed by atoms with E-state index in [4.69, 9.17) is 4.98 Å². The van der Waals surface area contributed by atoms with Gasteiger partial charge in [0.05, 0.1) is 5.69 Å². The van der Waals surface area contributed by atoms with Gasteiger partial charge in [-0.1, -0.05) is 41.6 Å². The van der Waals surface area contributed by atoms with Crippen LogP contribution in [-0.2, 0) is 25.1 Å². The summed E-state index contributed by atoms with van der Waals surface area (Å²) in [4.78, 5) is 6.38. The molecular weight excluding hydrogens is 428 g/mol. The Morgan fingerprint density at radius 3 is 2.70 bits per heavy atom. The van der Waals surface area contributed by atoms with Crippen molar-refractivity contribution >= 4 is 34.4 Å². The second-order valence-corrected chi connectivity index (χ2v) is 10.4. The molecule has 0 atom stereocenters. The highest BCUT2D eigenvalue weighted by molar-refractivity contribution is 7.98. The van der Waals surface area contributed by atoms with Crippen molar-refractivity contribution < 1.29 is 0 Å². The van der Waals surface area contributed by atoms with Crippen LogP contribution in [0, 0.1) is 6.92 Å². The molecule has 0 saturated carbocycles. The van der Waals surface area contributed by atoms with Crippen LogP contribution in [0.4, 0.5) is 0 Å². The van der Waals surface area contributed by atoms with Crippen LogP contribution in [0.3, 0.4) is 0 Å². The van der Waals surface area contributed by atoms with Crippen LogP contribution in [0.2, 0.25) is 0 Å². The minimum atomic E-state index is 0.808. The highest BCUT2D eigenvalue weighted by atomic mass is 32.2. The van der Waals surface area contributed by atoms with Crippen LogP contribution in [0.1, 0.15) is 41.5 Å². The van der Waals surface area contributed by atoms with E-state index in [-0.39, 0.29) is 0 Å². The fourth-order valence-electron chi connectivity index (χ4n) is 3.90. The lowest BCUT2D eigenvalue weighted by Gasteiger charge is -2.13. The molecule has 0 amide bonds. The number of rotatable bonds is 6. The highest BCUT2D eigenvalue weighted by Crippen LogP contribution is 2.37. The van der Waals surface area contributed by atoms with Crippen molar-refractivity contribution in [2.45, 2.75) is 57.0 Å². The van der Waals surface area contributed by atoms with Gasteiger partial charge in [-0.05, 0) is 45.1 Å². The monoisotopic (exact) mass is 452 g/mol. The number of thiophene rings is 1. The van der Waals surface area contributed by atoms with Gasteiger partial charge < -0.3 is 4.57 Å². The molecule has 0 spiro atoms. The zero-order chi connectivity index (χ0) is 20.5. The van der Waals surface area contributed by atoms with Crippen molar-refractivity contribution in [3.63, 3.8) is 0 Å². The summed E-state index contributed by atoms with van der Waals surface area (Å²) in [7, 11) is 0. The van der Waals surface area contributed by atoms with Crippen LogP contribution < -0.4 is 0 Å². The van der Waals surface area contributed by atoms with Crippen molar-refractivity contribution in [3.8, 4) is 22.0 Å². The van der Waals surface area contributed by atoms with Crippen LogP contribution in [-0.4, -0.2) is 19.7 Å². The first kappa shape index (κ1) is 20.0. The van der Waals surface area contributed by atoms with Crippen molar-refractivity contribution in [2.75, 3.05) is 0 Å². The third-order valence-electron chi connectivity index (χ3n) is 5.53. The number of thiazole rings is 1. The summed E-state index contributed by atoms with van der Waals surface area (Å²) in [5.41, 5.74) is 6.36. The number of aryl methyl sites for hydroxylation is 2. The summed E-state index contributed by atoms with van der Waals surface area (Å²) in [6.07, 6.45) is 4.99. The van der Waals surface area contributed by atoms with Gasteiger partial charge in [0.25, 0.3) is 0 Å². The zero-order valence-electron chi connectivity index (χ0n) is 17.2. The Morgan fingerprint density at radius 1 is 1.03 bits per heavy atom. The molecule has 3 heterocycles. The van der Waals surface area contributed by atoms with Crippen molar-refractivity contribution in [3.05, 3.63) is 56.7 Å². The van der Waals surface area contributed by atoms with Crippen LogP contribution in [0.15, 0.2) is 40.2 Å². The van der Waals surface area contributed by atoms with E-state index in [1.807, 2.05) is 11.3 Å².